The highest BCUT2D eigenvalue weighted by atomic mass is 35.5. The molecule has 1 N–H and O–H groups in total. The number of carbonyl (C=O) groups is 2. The third kappa shape index (κ3) is 4.81. The molecule has 7 heteroatoms. The lowest BCUT2D eigenvalue weighted by Gasteiger charge is -2.41. The van der Waals surface area contributed by atoms with Crippen molar-refractivity contribution in [1.82, 2.24) is 15.1 Å². The number of hydrogen-bond donors (Lipinski definition) is 1. The van der Waals surface area contributed by atoms with Crippen LogP contribution in [0, 0.1) is 5.41 Å². The van der Waals surface area contributed by atoms with Crippen molar-refractivity contribution in [1.29, 1.82) is 0 Å². The third-order valence-electron chi connectivity index (χ3n) is 5.44. The molecule has 1 fully saturated rings. The van der Waals surface area contributed by atoms with E-state index in [1.54, 1.807) is 17.9 Å². The standard InChI is InChI=1S/C22H28ClN3O3/c1-4-29-21(28)22(13-16-7-5-8-17(23)11-16)9-6-10-26(14-22)20(27)19-12-18(15(2)3)24-25-19/h5,7-8,11-12,15H,4,6,9-10,13-14H2,1-3H3,(H,24,25)/t22-/m1/s1. The quantitative estimate of drug-likeness (QED) is 0.714. The Morgan fingerprint density at radius 1 is 1.34 bits per heavy atom. The van der Waals surface area contributed by atoms with Crippen molar-refractivity contribution in [2.24, 2.45) is 5.41 Å². The second kappa shape index (κ2) is 8.99. The number of nitrogens with one attached hydrogen (secondary N) is 1. The topological polar surface area (TPSA) is 75.3 Å². The summed E-state index contributed by atoms with van der Waals surface area (Å²) in [5.41, 5.74) is 1.48. The SMILES string of the molecule is CCOC(=O)[C@@]1(Cc2cccc(Cl)c2)CCCN(C(=O)c2cc(C(C)C)[nH]n2)C1. The first-order chi connectivity index (χ1) is 13.8. The number of benzene rings is 1. The Morgan fingerprint density at radius 2 is 2.14 bits per heavy atom. The molecule has 2 aromatic rings. The van der Waals surface area contributed by atoms with Crippen molar-refractivity contribution in [2.75, 3.05) is 19.7 Å². The molecule has 6 nitrogen and oxygen atoms in total. The van der Waals surface area contributed by atoms with Crippen LogP contribution >= 0.6 is 11.6 Å². The van der Waals surface area contributed by atoms with Crippen molar-refractivity contribution in [3.05, 3.63) is 52.3 Å². The van der Waals surface area contributed by atoms with Gasteiger partial charge in [-0.25, -0.2) is 0 Å². The molecule has 0 spiro atoms. The largest absolute Gasteiger partial charge is 0.466 e. The van der Waals surface area contributed by atoms with Gasteiger partial charge >= 0.3 is 5.97 Å². The van der Waals surface area contributed by atoms with E-state index < -0.39 is 5.41 Å². The van der Waals surface area contributed by atoms with Crippen molar-refractivity contribution >= 4 is 23.5 Å². The zero-order valence-corrected chi connectivity index (χ0v) is 18.0. The maximum absolute atomic E-state index is 13.1. The maximum Gasteiger partial charge on any atom is 0.314 e. The highest BCUT2D eigenvalue weighted by Gasteiger charge is 2.45. The molecule has 1 saturated heterocycles. The van der Waals surface area contributed by atoms with Crippen LogP contribution in [0.15, 0.2) is 30.3 Å². The van der Waals surface area contributed by atoms with Gasteiger partial charge in [-0.1, -0.05) is 37.6 Å². The molecule has 1 amide bonds. The van der Waals surface area contributed by atoms with E-state index in [4.69, 9.17) is 16.3 Å². The van der Waals surface area contributed by atoms with Gasteiger partial charge in [-0.3, -0.25) is 14.7 Å². The van der Waals surface area contributed by atoms with Crippen molar-refractivity contribution in [3.63, 3.8) is 0 Å². The molecule has 0 saturated carbocycles. The summed E-state index contributed by atoms with van der Waals surface area (Å²) in [4.78, 5) is 27.8. The maximum atomic E-state index is 13.1. The molecular formula is C22H28ClN3O3. The number of hydrogen-bond acceptors (Lipinski definition) is 4. The Morgan fingerprint density at radius 3 is 2.79 bits per heavy atom. The van der Waals surface area contributed by atoms with E-state index in [1.165, 1.54) is 0 Å². The van der Waals surface area contributed by atoms with Gasteiger partial charge in [0.05, 0.1) is 12.0 Å². The minimum atomic E-state index is -0.786. The Balaban J connectivity index is 1.86. The van der Waals surface area contributed by atoms with E-state index in [9.17, 15) is 9.59 Å². The van der Waals surface area contributed by atoms with E-state index in [0.717, 1.165) is 17.7 Å². The fraction of sp³-hybridized carbons (Fsp3) is 0.500. The van der Waals surface area contributed by atoms with Crippen LogP contribution in [0.25, 0.3) is 0 Å². The van der Waals surface area contributed by atoms with Crippen LogP contribution in [0.1, 0.15) is 61.3 Å². The molecule has 0 unspecified atom stereocenters. The number of amides is 1. The molecule has 1 aromatic carbocycles. The summed E-state index contributed by atoms with van der Waals surface area (Å²) in [7, 11) is 0. The lowest BCUT2D eigenvalue weighted by atomic mass is 9.75. The number of esters is 1. The number of nitrogens with zero attached hydrogens (tertiary/aromatic N) is 2. The number of ether oxygens (including phenoxy) is 1. The summed E-state index contributed by atoms with van der Waals surface area (Å²) in [6.07, 6.45) is 1.88. The van der Waals surface area contributed by atoms with Crippen molar-refractivity contribution < 1.29 is 14.3 Å². The van der Waals surface area contributed by atoms with Gasteiger partial charge in [0.25, 0.3) is 5.91 Å². The zero-order chi connectivity index (χ0) is 21.0. The predicted octanol–water partition coefficient (Wildman–Crippen LogP) is 4.21. The van der Waals surface area contributed by atoms with Gasteiger partial charge in [0.1, 0.15) is 5.69 Å². The Kier molecular flexibility index (Phi) is 6.63. The van der Waals surface area contributed by atoms with Crippen LogP contribution in [0.5, 0.6) is 0 Å². The molecule has 1 aliphatic heterocycles. The van der Waals surface area contributed by atoms with E-state index in [2.05, 4.69) is 10.2 Å². The normalized spacial score (nSPS) is 19.4. The molecule has 1 aromatic heterocycles. The van der Waals surface area contributed by atoms with Gasteiger partial charge in [-0.05, 0) is 55.9 Å². The molecule has 3 rings (SSSR count). The second-order valence-corrected chi connectivity index (χ2v) is 8.44. The Labute approximate surface area is 176 Å². The monoisotopic (exact) mass is 417 g/mol. The van der Waals surface area contributed by atoms with Gasteiger partial charge in [0.2, 0.25) is 0 Å². The molecule has 0 radical (unpaired) electrons. The van der Waals surface area contributed by atoms with Crippen molar-refractivity contribution in [3.8, 4) is 0 Å². The number of aromatic amines is 1. The molecule has 0 bridgehead atoms. The van der Waals surface area contributed by atoms with E-state index in [1.807, 2.05) is 38.1 Å². The summed E-state index contributed by atoms with van der Waals surface area (Å²) in [5, 5.41) is 7.75. The Hall–Kier alpha value is -2.34. The fourth-order valence-corrected chi connectivity index (χ4v) is 4.13. The van der Waals surface area contributed by atoms with Gasteiger partial charge in [-0.15, -0.1) is 0 Å². The highest BCUT2D eigenvalue weighted by Crippen LogP contribution is 2.36. The van der Waals surface area contributed by atoms with Crippen LogP contribution in [0.4, 0.5) is 0 Å². The first-order valence-corrected chi connectivity index (χ1v) is 10.5. The molecular weight excluding hydrogens is 390 g/mol. The fourth-order valence-electron chi connectivity index (χ4n) is 3.91. The summed E-state index contributed by atoms with van der Waals surface area (Å²) < 4.78 is 5.42. The van der Waals surface area contributed by atoms with Crippen molar-refractivity contribution in [2.45, 2.75) is 46.0 Å². The summed E-state index contributed by atoms with van der Waals surface area (Å²) in [5.74, 6) is -0.165. The summed E-state index contributed by atoms with van der Waals surface area (Å²) >= 11 is 6.14. The zero-order valence-electron chi connectivity index (χ0n) is 17.2. The first-order valence-electron chi connectivity index (χ1n) is 10.1. The number of piperidine rings is 1. The van der Waals surface area contributed by atoms with Gasteiger partial charge < -0.3 is 9.64 Å². The van der Waals surface area contributed by atoms with Gasteiger partial charge in [0, 0.05) is 23.8 Å². The molecule has 156 valence electrons. The number of likely N-dealkylation sites (tertiary alicyclic amines) is 1. The van der Waals surface area contributed by atoms with Crippen LogP contribution in [-0.4, -0.2) is 46.7 Å². The summed E-state index contributed by atoms with van der Waals surface area (Å²) in [6.45, 7) is 7.09. The van der Waals surface area contributed by atoms with Gasteiger partial charge in [0.15, 0.2) is 0 Å². The smallest absolute Gasteiger partial charge is 0.314 e. The second-order valence-electron chi connectivity index (χ2n) is 8.00. The minimum absolute atomic E-state index is 0.160. The lowest BCUT2D eigenvalue weighted by Crippen LogP contribution is -2.51. The molecule has 1 atom stereocenters. The Bertz CT molecular complexity index is 880. The third-order valence-corrected chi connectivity index (χ3v) is 5.68. The average molecular weight is 418 g/mol. The lowest BCUT2D eigenvalue weighted by molar-refractivity contribution is -0.158. The van der Waals surface area contributed by atoms with E-state index in [0.29, 0.717) is 43.3 Å². The van der Waals surface area contributed by atoms with Gasteiger partial charge in [-0.2, -0.15) is 5.10 Å². The summed E-state index contributed by atoms with van der Waals surface area (Å²) in [6, 6.07) is 9.30. The average Bonchev–Trinajstić information content (AvgIpc) is 3.18. The van der Waals surface area contributed by atoms with Crippen LogP contribution < -0.4 is 0 Å². The molecule has 2 heterocycles. The number of aromatic nitrogens is 2. The van der Waals surface area contributed by atoms with E-state index in [-0.39, 0.29) is 17.8 Å². The predicted molar refractivity (Wildman–Crippen MR) is 112 cm³/mol. The van der Waals surface area contributed by atoms with Crippen LogP contribution in [0.3, 0.4) is 0 Å². The number of halogens is 1. The minimum Gasteiger partial charge on any atom is -0.466 e. The van der Waals surface area contributed by atoms with Crippen LogP contribution in [0.2, 0.25) is 5.02 Å². The van der Waals surface area contributed by atoms with Crippen LogP contribution in [-0.2, 0) is 16.0 Å². The number of carbonyl (C=O) groups excluding carboxylic acids is 2. The first kappa shape index (κ1) is 21.4. The number of rotatable bonds is 6. The number of H-pyrrole nitrogens is 1. The molecule has 0 aliphatic carbocycles. The highest BCUT2D eigenvalue weighted by molar-refractivity contribution is 6.30. The van der Waals surface area contributed by atoms with E-state index >= 15 is 0 Å². The molecule has 1 aliphatic rings. The molecule has 29 heavy (non-hydrogen) atoms.